The second kappa shape index (κ2) is 10.6. The van der Waals surface area contributed by atoms with Gasteiger partial charge in [0.05, 0.1) is 25.2 Å². The molecular formula is C24H31N3O5S. The van der Waals surface area contributed by atoms with Crippen LogP contribution in [0.1, 0.15) is 28.8 Å². The number of carbonyl (C=O) groups is 1. The normalized spacial score (nSPS) is 18.7. The highest BCUT2D eigenvalue weighted by Crippen LogP contribution is 2.22. The summed E-state index contributed by atoms with van der Waals surface area (Å²) in [4.78, 5) is 15.3. The predicted molar refractivity (Wildman–Crippen MR) is 125 cm³/mol. The topological polar surface area (TPSA) is 88.2 Å². The summed E-state index contributed by atoms with van der Waals surface area (Å²) >= 11 is 0. The first-order chi connectivity index (χ1) is 16.0. The lowest BCUT2D eigenvalue weighted by atomic mass is 10.0. The van der Waals surface area contributed by atoms with E-state index in [1.54, 1.807) is 19.2 Å². The minimum absolute atomic E-state index is 0.100. The van der Waals surface area contributed by atoms with Gasteiger partial charge in [-0.1, -0.05) is 18.2 Å². The highest BCUT2D eigenvalue weighted by Gasteiger charge is 2.27. The number of ether oxygens (including phenoxy) is 2. The Hall–Kier alpha value is -2.46. The van der Waals surface area contributed by atoms with Crippen LogP contribution < -0.4 is 10.1 Å². The number of benzene rings is 2. The van der Waals surface area contributed by atoms with Crippen molar-refractivity contribution in [1.29, 1.82) is 0 Å². The summed E-state index contributed by atoms with van der Waals surface area (Å²) in [5, 5.41) is 3.10. The van der Waals surface area contributed by atoms with Crippen LogP contribution in [0.2, 0.25) is 0 Å². The molecule has 178 valence electrons. The predicted octanol–water partition coefficient (Wildman–Crippen LogP) is 2.11. The number of rotatable bonds is 7. The summed E-state index contributed by atoms with van der Waals surface area (Å²) in [7, 11) is -1.88. The number of likely N-dealkylation sites (tertiary alicyclic amines) is 1. The Balaban J connectivity index is 1.29. The number of para-hydroxylation sites is 1. The Morgan fingerprint density at radius 1 is 1.03 bits per heavy atom. The maximum atomic E-state index is 12.7. The van der Waals surface area contributed by atoms with Gasteiger partial charge in [-0.05, 0) is 43.2 Å². The molecule has 0 aromatic heterocycles. The second-order valence-corrected chi connectivity index (χ2v) is 10.3. The van der Waals surface area contributed by atoms with Gasteiger partial charge in [-0.3, -0.25) is 9.69 Å². The van der Waals surface area contributed by atoms with Crippen LogP contribution in [0.25, 0.3) is 0 Å². The first-order valence-corrected chi connectivity index (χ1v) is 12.7. The summed E-state index contributed by atoms with van der Waals surface area (Å²) in [5.74, 6) is 0.723. The van der Waals surface area contributed by atoms with Gasteiger partial charge in [0.25, 0.3) is 5.91 Å². The summed E-state index contributed by atoms with van der Waals surface area (Å²) in [6.07, 6.45) is 1.73. The molecule has 33 heavy (non-hydrogen) atoms. The summed E-state index contributed by atoms with van der Waals surface area (Å²) in [5.41, 5.74) is 1.63. The average molecular weight is 474 g/mol. The van der Waals surface area contributed by atoms with E-state index in [1.807, 2.05) is 18.2 Å². The Labute approximate surface area is 195 Å². The Bertz CT molecular complexity index is 1040. The van der Waals surface area contributed by atoms with E-state index in [9.17, 15) is 13.2 Å². The standard InChI is InChI=1S/C24H31N3O5S/c1-31-23-5-3-2-4-20(23)18-26-12-10-21(11-13-26)25-24(28)19-6-8-22(9-7-19)33(29,30)27-14-16-32-17-15-27/h2-9,21H,10-18H2,1H3,(H,25,28). The largest absolute Gasteiger partial charge is 0.496 e. The molecule has 0 unspecified atom stereocenters. The van der Waals surface area contributed by atoms with Crippen molar-refractivity contribution in [2.75, 3.05) is 46.5 Å². The molecule has 4 rings (SSSR count). The molecule has 2 aromatic rings. The molecule has 2 aliphatic heterocycles. The van der Waals surface area contributed by atoms with Gasteiger partial charge < -0.3 is 14.8 Å². The number of amides is 1. The molecule has 9 heteroatoms. The third-order valence-electron chi connectivity index (χ3n) is 6.23. The second-order valence-electron chi connectivity index (χ2n) is 8.38. The molecule has 2 fully saturated rings. The monoisotopic (exact) mass is 473 g/mol. The zero-order chi connectivity index (χ0) is 23.3. The van der Waals surface area contributed by atoms with Gasteiger partial charge in [0.1, 0.15) is 5.75 Å². The smallest absolute Gasteiger partial charge is 0.251 e. The number of nitrogens with one attached hydrogen (secondary N) is 1. The summed E-state index contributed by atoms with van der Waals surface area (Å²) < 4.78 is 37.6. The molecule has 2 aliphatic rings. The van der Waals surface area contributed by atoms with Crippen molar-refractivity contribution in [2.24, 2.45) is 0 Å². The van der Waals surface area contributed by atoms with E-state index in [0.717, 1.165) is 43.8 Å². The Morgan fingerprint density at radius 2 is 1.70 bits per heavy atom. The molecule has 2 heterocycles. The van der Waals surface area contributed by atoms with E-state index < -0.39 is 10.0 Å². The van der Waals surface area contributed by atoms with E-state index in [-0.39, 0.29) is 16.8 Å². The number of methoxy groups -OCH3 is 1. The van der Waals surface area contributed by atoms with E-state index in [4.69, 9.17) is 9.47 Å². The van der Waals surface area contributed by atoms with Crippen LogP contribution in [-0.4, -0.2) is 76.1 Å². The molecule has 2 aromatic carbocycles. The van der Waals surface area contributed by atoms with Crippen molar-refractivity contribution < 1.29 is 22.7 Å². The van der Waals surface area contributed by atoms with E-state index in [2.05, 4.69) is 16.3 Å². The van der Waals surface area contributed by atoms with Crippen molar-refractivity contribution in [3.63, 3.8) is 0 Å². The van der Waals surface area contributed by atoms with Gasteiger partial charge in [-0.25, -0.2) is 8.42 Å². The minimum atomic E-state index is -3.56. The highest BCUT2D eigenvalue weighted by molar-refractivity contribution is 7.89. The number of sulfonamides is 1. The van der Waals surface area contributed by atoms with Crippen LogP contribution in [0.3, 0.4) is 0 Å². The Kier molecular flexibility index (Phi) is 7.64. The number of nitrogens with zero attached hydrogens (tertiary/aromatic N) is 2. The van der Waals surface area contributed by atoms with Gasteiger partial charge in [-0.2, -0.15) is 4.31 Å². The van der Waals surface area contributed by atoms with Crippen molar-refractivity contribution in [2.45, 2.75) is 30.3 Å². The Morgan fingerprint density at radius 3 is 2.36 bits per heavy atom. The molecule has 0 spiro atoms. The van der Waals surface area contributed by atoms with Crippen LogP contribution in [0.5, 0.6) is 5.75 Å². The van der Waals surface area contributed by atoms with E-state index in [0.29, 0.717) is 31.9 Å². The maximum Gasteiger partial charge on any atom is 0.251 e. The lowest BCUT2D eigenvalue weighted by Gasteiger charge is -2.32. The molecule has 0 saturated carbocycles. The van der Waals surface area contributed by atoms with Crippen molar-refractivity contribution in [3.05, 3.63) is 59.7 Å². The molecule has 0 atom stereocenters. The fourth-order valence-electron chi connectivity index (χ4n) is 4.29. The van der Waals surface area contributed by atoms with Crippen LogP contribution in [0, 0.1) is 0 Å². The zero-order valence-electron chi connectivity index (χ0n) is 18.9. The van der Waals surface area contributed by atoms with Gasteiger partial charge in [0, 0.05) is 49.9 Å². The van der Waals surface area contributed by atoms with Gasteiger partial charge in [0.2, 0.25) is 10.0 Å². The highest BCUT2D eigenvalue weighted by atomic mass is 32.2. The van der Waals surface area contributed by atoms with Crippen LogP contribution in [0.15, 0.2) is 53.4 Å². The number of hydrogen-bond donors (Lipinski definition) is 1. The van der Waals surface area contributed by atoms with Crippen molar-refractivity contribution in [1.82, 2.24) is 14.5 Å². The first kappa shape index (κ1) is 23.7. The quantitative estimate of drug-likeness (QED) is 0.663. The molecule has 1 amide bonds. The maximum absolute atomic E-state index is 12.7. The van der Waals surface area contributed by atoms with Crippen LogP contribution >= 0.6 is 0 Å². The molecular weight excluding hydrogens is 442 g/mol. The number of piperidine rings is 1. The minimum Gasteiger partial charge on any atom is -0.496 e. The third-order valence-corrected chi connectivity index (χ3v) is 8.15. The number of morpholine rings is 1. The fraction of sp³-hybridized carbons (Fsp3) is 0.458. The SMILES string of the molecule is COc1ccccc1CN1CCC(NC(=O)c2ccc(S(=O)(=O)N3CCOCC3)cc2)CC1. The number of carbonyl (C=O) groups excluding carboxylic acids is 1. The summed E-state index contributed by atoms with van der Waals surface area (Å²) in [6, 6.07) is 14.3. The molecule has 0 bridgehead atoms. The molecule has 1 N–H and O–H groups in total. The lowest BCUT2D eigenvalue weighted by molar-refractivity contribution is 0.0730. The van der Waals surface area contributed by atoms with Crippen molar-refractivity contribution in [3.8, 4) is 5.75 Å². The van der Waals surface area contributed by atoms with Gasteiger partial charge in [0.15, 0.2) is 0 Å². The van der Waals surface area contributed by atoms with Crippen LogP contribution in [-0.2, 0) is 21.3 Å². The molecule has 8 nitrogen and oxygen atoms in total. The molecule has 0 aliphatic carbocycles. The van der Waals surface area contributed by atoms with Crippen LogP contribution in [0.4, 0.5) is 0 Å². The van der Waals surface area contributed by atoms with Gasteiger partial charge >= 0.3 is 0 Å². The van der Waals surface area contributed by atoms with E-state index >= 15 is 0 Å². The fourth-order valence-corrected chi connectivity index (χ4v) is 5.70. The number of hydrogen-bond acceptors (Lipinski definition) is 6. The third kappa shape index (κ3) is 5.73. The summed E-state index contributed by atoms with van der Waals surface area (Å²) in [6.45, 7) is 4.10. The zero-order valence-corrected chi connectivity index (χ0v) is 19.7. The molecule has 2 saturated heterocycles. The average Bonchev–Trinajstić information content (AvgIpc) is 2.86. The molecule has 0 radical (unpaired) electrons. The first-order valence-electron chi connectivity index (χ1n) is 11.3. The van der Waals surface area contributed by atoms with Crippen molar-refractivity contribution >= 4 is 15.9 Å². The lowest BCUT2D eigenvalue weighted by Crippen LogP contribution is -2.44. The van der Waals surface area contributed by atoms with Gasteiger partial charge in [-0.15, -0.1) is 0 Å². The van der Waals surface area contributed by atoms with E-state index in [1.165, 1.54) is 16.4 Å².